The summed E-state index contributed by atoms with van der Waals surface area (Å²) in [5, 5.41) is 0. The quantitative estimate of drug-likeness (QED) is 0.794. The molecule has 1 atom stereocenters. The summed E-state index contributed by atoms with van der Waals surface area (Å²) < 4.78 is 34.3. The Morgan fingerprint density at radius 1 is 1.15 bits per heavy atom. The fourth-order valence-electron chi connectivity index (χ4n) is 1.88. The Balaban J connectivity index is 2.23. The van der Waals surface area contributed by atoms with Gasteiger partial charge >= 0.3 is 0 Å². The van der Waals surface area contributed by atoms with Crippen molar-refractivity contribution in [3.05, 3.63) is 41.7 Å². The summed E-state index contributed by atoms with van der Waals surface area (Å²) in [6.07, 6.45) is 0.996. The van der Waals surface area contributed by atoms with Crippen LogP contribution in [0.25, 0.3) is 0 Å². The Morgan fingerprint density at radius 3 is 2.40 bits per heavy atom. The molecule has 5 nitrogen and oxygen atoms in total. The van der Waals surface area contributed by atoms with Crippen LogP contribution in [0.2, 0.25) is 0 Å². The van der Waals surface area contributed by atoms with Crippen LogP contribution in [0, 0.1) is 6.92 Å². The molecular formula is C14H16O5S. The number of benzene rings is 1. The van der Waals surface area contributed by atoms with E-state index in [4.69, 9.17) is 8.92 Å². The third kappa shape index (κ3) is 3.26. The van der Waals surface area contributed by atoms with E-state index in [1.807, 2.05) is 6.92 Å². The van der Waals surface area contributed by atoms with Crippen molar-refractivity contribution in [2.45, 2.75) is 30.8 Å². The van der Waals surface area contributed by atoms with Crippen LogP contribution in [0.5, 0.6) is 0 Å². The molecule has 1 unspecified atom stereocenters. The third-order valence-corrected chi connectivity index (χ3v) is 4.38. The lowest BCUT2D eigenvalue weighted by Crippen LogP contribution is -2.29. The van der Waals surface area contributed by atoms with Gasteiger partial charge in [-0.15, -0.1) is 0 Å². The van der Waals surface area contributed by atoms with Gasteiger partial charge in [0, 0.05) is 12.8 Å². The average molecular weight is 296 g/mol. The zero-order chi connectivity index (χ0) is 14.8. The molecule has 0 N–H and O–H groups in total. The average Bonchev–Trinajstić information content (AvgIpc) is 2.41. The highest BCUT2D eigenvalue weighted by molar-refractivity contribution is 7.86. The smallest absolute Gasteiger partial charge is 0.297 e. The van der Waals surface area contributed by atoms with Gasteiger partial charge in [-0.1, -0.05) is 17.7 Å². The predicted molar refractivity (Wildman–Crippen MR) is 72.6 cm³/mol. The van der Waals surface area contributed by atoms with Crippen LogP contribution in [-0.2, 0) is 23.8 Å². The number of aryl methyl sites for hydroxylation is 1. The maximum atomic E-state index is 12.1. The van der Waals surface area contributed by atoms with E-state index in [0.717, 1.165) is 5.56 Å². The minimum Gasteiger partial charge on any atom is -0.501 e. The molecule has 1 aliphatic rings. The van der Waals surface area contributed by atoms with Gasteiger partial charge in [-0.2, -0.15) is 8.42 Å². The van der Waals surface area contributed by atoms with E-state index in [1.54, 1.807) is 12.1 Å². The van der Waals surface area contributed by atoms with Crippen molar-refractivity contribution in [2.24, 2.45) is 0 Å². The summed E-state index contributed by atoms with van der Waals surface area (Å²) in [5.41, 5.74) is 0.944. The zero-order valence-corrected chi connectivity index (χ0v) is 12.1. The van der Waals surface area contributed by atoms with Crippen molar-refractivity contribution >= 4 is 15.9 Å². The Morgan fingerprint density at radius 2 is 1.80 bits per heavy atom. The highest BCUT2D eigenvalue weighted by atomic mass is 32.2. The maximum Gasteiger partial charge on any atom is 0.297 e. The molecule has 1 aromatic carbocycles. The normalized spacial score (nSPS) is 19.6. The van der Waals surface area contributed by atoms with Gasteiger partial charge in [-0.3, -0.25) is 8.98 Å². The van der Waals surface area contributed by atoms with Crippen LogP contribution in [0.4, 0.5) is 0 Å². The lowest BCUT2D eigenvalue weighted by atomic mass is 10.0. The second-order valence-electron chi connectivity index (χ2n) is 4.59. The molecule has 0 heterocycles. The fourth-order valence-corrected chi connectivity index (χ4v) is 2.90. The van der Waals surface area contributed by atoms with E-state index in [0.29, 0.717) is 12.2 Å². The molecule has 0 amide bonds. The summed E-state index contributed by atoms with van der Waals surface area (Å²) in [6.45, 7) is 1.86. The number of hydrogen-bond acceptors (Lipinski definition) is 5. The highest BCUT2D eigenvalue weighted by Gasteiger charge is 2.29. The van der Waals surface area contributed by atoms with Crippen LogP contribution >= 0.6 is 0 Å². The molecule has 20 heavy (non-hydrogen) atoms. The second kappa shape index (κ2) is 5.76. The zero-order valence-electron chi connectivity index (χ0n) is 11.3. The van der Waals surface area contributed by atoms with E-state index in [9.17, 15) is 13.2 Å². The number of carbonyl (C=O) groups excluding carboxylic acids is 1. The molecule has 0 saturated carbocycles. The molecule has 0 radical (unpaired) electrons. The largest absolute Gasteiger partial charge is 0.501 e. The Kier molecular flexibility index (Phi) is 4.25. The number of methoxy groups -OCH3 is 1. The molecule has 2 rings (SSSR count). The minimum absolute atomic E-state index is 0.0360. The van der Waals surface area contributed by atoms with Gasteiger partial charge in [0.25, 0.3) is 10.1 Å². The number of Topliss-reactive ketones (excluding diaryl/α,β-unsaturated/α-hetero) is 1. The molecule has 0 aromatic heterocycles. The van der Waals surface area contributed by atoms with Crippen molar-refractivity contribution in [1.29, 1.82) is 0 Å². The molecule has 6 heteroatoms. The summed E-state index contributed by atoms with van der Waals surface area (Å²) in [4.78, 5) is 11.8. The SMILES string of the molecule is COC1=CC(OS(=O)(=O)c2ccc(C)cc2)C(=O)CC1. The monoisotopic (exact) mass is 296 g/mol. The van der Waals surface area contributed by atoms with E-state index in [-0.39, 0.29) is 17.1 Å². The van der Waals surface area contributed by atoms with Gasteiger partial charge in [0.2, 0.25) is 0 Å². The summed E-state index contributed by atoms with van der Waals surface area (Å²) in [5.74, 6) is 0.301. The van der Waals surface area contributed by atoms with Crippen LogP contribution < -0.4 is 0 Å². The van der Waals surface area contributed by atoms with Crippen molar-refractivity contribution < 1.29 is 22.1 Å². The molecule has 1 aromatic rings. The molecule has 0 bridgehead atoms. The Bertz CT molecular complexity index is 628. The van der Waals surface area contributed by atoms with Crippen molar-refractivity contribution in [1.82, 2.24) is 0 Å². The van der Waals surface area contributed by atoms with Crippen molar-refractivity contribution in [2.75, 3.05) is 7.11 Å². The lowest BCUT2D eigenvalue weighted by molar-refractivity contribution is -0.124. The van der Waals surface area contributed by atoms with E-state index in [2.05, 4.69) is 0 Å². The fraction of sp³-hybridized carbons (Fsp3) is 0.357. The van der Waals surface area contributed by atoms with Gasteiger partial charge in [0.1, 0.15) is 0 Å². The van der Waals surface area contributed by atoms with Crippen LogP contribution in [0.1, 0.15) is 18.4 Å². The number of rotatable bonds is 4. The summed E-state index contributed by atoms with van der Waals surface area (Å²) in [6, 6.07) is 6.27. The summed E-state index contributed by atoms with van der Waals surface area (Å²) in [7, 11) is -2.48. The first-order valence-corrected chi connectivity index (χ1v) is 7.60. The number of allylic oxidation sites excluding steroid dienone is 1. The third-order valence-electron chi connectivity index (χ3n) is 3.07. The number of ketones is 1. The minimum atomic E-state index is -3.96. The molecule has 0 fully saturated rings. The standard InChI is InChI=1S/C14H16O5S/c1-10-3-6-12(7-4-10)20(16,17)19-14-9-11(18-2)5-8-13(14)15/h3-4,6-7,9,14H,5,8H2,1-2H3. The van der Waals surface area contributed by atoms with E-state index in [1.165, 1.54) is 25.3 Å². The second-order valence-corrected chi connectivity index (χ2v) is 6.16. The number of hydrogen-bond donors (Lipinski definition) is 0. The first kappa shape index (κ1) is 14.7. The first-order chi connectivity index (χ1) is 9.42. The van der Waals surface area contributed by atoms with Crippen molar-refractivity contribution in [3.63, 3.8) is 0 Å². The van der Waals surface area contributed by atoms with Gasteiger partial charge < -0.3 is 4.74 Å². The molecule has 1 aliphatic carbocycles. The Hall–Kier alpha value is -1.66. The first-order valence-electron chi connectivity index (χ1n) is 6.20. The van der Waals surface area contributed by atoms with Crippen molar-refractivity contribution in [3.8, 4) is 0 Å². The molecule has 0 spiro atoms. The molecule has 0 saturated heterocycles. The Labute approximate surface area is 118 Å². The van der Waals surface area contributed by atoms with Gasteiger partial charge in [0.05, 0.1) is 17.8 Å². The van der Waals surface area contributed by atoms with Gasteiger partial charge in [-0.25, -0.2) is 0 Å². The summed E-state index contributed by atoms with van der Waals surface area (Å²) >= 11 is 0. The van der Waals surface area contributed by atoms with E-state index < -0.39 is 16.2 Å². The predicted octanol–water partition coefficient (Wildman–Crippen LogP) is 1.96. The number of ether oxygens (including phenoxy) is 1. The molecular weight excluding hydrogens is 280 g/mol. The van der Waals surface area contributed by atoms with Gasteiger partial charge in [-0.05, 0) is 25.1 Å². The highest BCUT2D eigenvalue weighted by Crippen LogP contribution is 2.22. The van der Waals surface area contributed by atoms with Crippen LogP contribution in [-0.4, -0.2) is 27.4 Å². The molecule has 108 valence electrons. The van der Waals surface area contributed by atoms with Crippen LogP contribution in [0.3, 0.4) is 0 Å². The topological polar surface area (TPSA) is 69.7 Å². The maximum absolute atomic E-state index is 12.1. The number of carbonyl (C=O) groups is 1. The van der Waals surface area contributed by atoms with E-state index >= 15 is 0 Å². The van der Waals surface area contributed by atoms with Crippen LogP contribution in [0.15, 0.2) is 41.0 Å². The lowest BCUT2D eigenvalue weighted by Gasteiger charge is -2.19. The molecule has 0 aliphatic heterocycles. The van der Waals surface area contributed by atoms with Gasteiger partial charge in [0.15, 0.2) is 11.9 Å².